The van der Waals surface area contributed by atoms with Gasteiger partial charge < -0.3 is 9.64 Å². The quantitative estimate of drug-likeness (QED) is 0.463. The monoisotopic (exact) mass is 481 g/mol. The standard InChI is InChI=1S/C22H22Cl3N3O3/c1-4-27-20(26-19-12-15(23)6-7-16(19)22(27)30)13(2)28(9-10-31-3)21(29)14-5-8-17(24)18(25)11-14/h5-8,11-13H,4,9-10H2,1-3H3. The summed E-state index contributed by atoms with van der Waals surface area (Å²) in [7, 11) is 1.56. The highest BCUT2D eigenvalue weighted by atomic mass is 35.5. The summed E-state index contributed by atoms with van der Waals surface area (Å²) >= 11 is 18.2. The van der Waals surface area contributed by atoms with E-state index in [1.54, 1.807) is 46.9 Å². The van der Waals surface area contributed by atoms with Crippen molar-refractivity contribution in [3.8, 4) is 0 Å². The van der Waals surface area contributed by atoms with Crippen LogP contribution in [0.2, 0.25) is 15.1 Å². The van der Waals surface area contributed by atoms with Gasteiger partial charge in [-0.3, -0.25) is 14.2 Å². The van der Waals surface area contributed by atoms with Crippen molar-refractivity contribution in [3.05, 3.63) is 73.2 Å². The van der Waals surface area contributed by atoms with Crippen molar-refractivity contribution in [1.29, 1.82) is 0 Å². The van der Waals surface area contributed by atoms with Crippen molar-refractivity contribution in [1.82, 2.24) is 14.5 Å². The van der Waals surface area contributed by atoms with Crippen LogP contribution in [0.3, 0.4) is 0 Å². The average Bonchev–Trinajstić information content (AvgIpc) is 2.75. The SMILES string of the molecule is CCn1c(C(C)N(CCOC)C(=O)c2ccc(Cl)c(Cl)c2)nc2cc(Cl)ccc2c1=O. The summed E-state index contributed by atoms with van der Waals surface area (Å²) in [5, 5.41) is 1.61. The van der Waals surface area contributed by atoms with Crippen molar-refractivity contribution >= 4 is 51.6 Å². The Hall–Kier alpha value is -2.12. The zero-order chi connectivity index (χ0) is 22.7. The smallest absolute Gasteiger partial charge is 0.261 e. The largest absolute Gasteiger partial charge is 0.383 e. The lowest BCUT2D eigenvalue weighted by atomic mass is 10.1. The number of carbonyl (C=O) groups excluding carboxylic acids is 1. The average molecular weight is 483 g/mol. The fraction of sp³-hybridized carbons (Fsp3) is 0.318. The maximum atomic E-state index is 13.4. The minimum Gasteiger partial charge on any atom is -0.383 e. The van der Waals surface area contributed by atoms with Gasteiger partial charge in [-0.15, -0.1) is 0 Å². The van der Waals surface area contributed by atoms with Gasteiger partial charge in [0.15, 0.2) is 0 Å². The van der Waals surface area contributed by atoms with Crippen molar-refractivity contribution in [2.24, 2.45) is 0 Å². The third-order valence-electron chi connectivity index (χ3n) is 5.07. The first-order valence-electron chi connectivity index (χ1n) is 9.73. The molecule has 0 radical (unpaired) electrons. The van der Waals surface area contributed by atoms with E-state index in [2.05, 4.69) is 0 Å². The molecule has 0 saturated carbocycles. The Labute approximate surface area is 195 Å². The lowest BCUT2D eigenvalue weighted by Crippen LogP contribution is -2.39. The van der Waals surface area contributed by atoms with Gasteiger partial charge >= 0.3 is 0 Å². The predicted molar refractivity (Wildman–Crippen MR) is 124 cm³/mol. The van der Waals surface area contributed by atoms with E-state index in [1.807, 2.05) is 13.8 Å². The molecule has 1 heterocycles. The number of hydrogen-bond acceptors (Lipinski definition) is 4. The molecule has 0 fully saturated rings. The van der Waals surface area contributed by atoms with Crippen LogP contribution in [0.4, 0.5) is 0 Å². The van der Waals surface area contributed by atoms with Crippen LogP contribution in [0, 0.1) is 0 Å². The van der Waals surface area contributed by atoms with E-state index in [9.17, 15) is 9.59 Å². The summed E-state index contributed by atoms with van der Waals surface area (Å²) in [6.45, 7) is 4.71. The first-order valence-corrected chi connectivity index (χ1v) is 10.9. The van der Waals surface area contributed by atoms with E-state index < -0.39 is 6.04 Å². The van der Waals surface area contributed by atoms with E-state index in [4.69, 9.17) is 44.5 Å². The lowest BCUT2D eigenvalue weighted by molar-refractivity contribution is 0.0603. The Morgan fingerprint density at radius 2 is 1.90 bits per heavy atom. The summed E-state index contributed by atoms with van der Waals surface area (Å²) in [5.74, 6) is 0.193. The number of benzene rings is 2. The van der Waals surface area contributed by atoms with Crippen LogP contribution in [0.15, 0.2) is 41.2 Å². The molecule has 164 valence electrons. The number of fused-ring (bicyclic) bond motifs is 1. The van der Waals surface area contributed by atoms with Gasteiger partial charge in [-0.05, 0) is 50.2 Å². The Bertz CT molecular complexity index is 1180. The van der Waals surface area contributed by atoms with Crippen molar-refractivity contribution in [2.45, 2.75) is 26.4 Å². The molecule has 1 unspecified atom stereocenters. The summed E-state index contributed by atoms with van der Waals surface area (Å²) < 4.78 is 6.78. The van der Waals surface area contributed by atoms with Crippen LogP contribution in [-0.4, -0.2) is 40.6 Å². The van der Waals surface area contributed by atoms with Gasteiger partial charge in [0.25, 0.3) is 11.5 Å². The highest BCUT2D eigenvalue weighted by Crippen LogP contribution is 2.27. The second-order valence-electron chi connectivity index (χ2n) is 6.98. The van der Waals surface area contributed by atoms with Crippen LogP contribution >= 0.6 is 34.8 Å². The van der Waals surface area contributed by atoms with Gasteiger partial charge in [-0.2, -0.15) is 0 Å². The molecule has 3 rings (SSSR count). The fourth-order valence-corrected chi connectivity index (χ4v) is 3.90. The molecule has 0 aliphatic carbocycles. The number of ether oxygens (including phenoxy) is 1. The molecule has 3 aromatic rings. The maximum absolute atomic E-state index is 13.4. The molecule has 1 atom stereocenters. The molecular formula is C22H22Cl3N3O3. The van der Waals surface area contributed by atoms with Crippen molar-refractivity contribution < 1.29 is 9.53 Å². The first-order chi connectivity index (χ1) is 14.8. The molecule has 0 bridgehead atoms. The van der Waals surface area contributed by atoms with Gasteiger partial charge in [0.05, 0.1) is 33.6 Å². The normalized spacial score (nSPS) is 12.2. The number of hydrogen-bond donors (Lipinski definition) is 0. The molecule has 9 heteroatoms. The number of aromatic nitrogens is 2. The third-order valence-corrected chi connectivity index (χ3v) is 6.04. The molecule has 0 aliphatic heterocycles. The van der Waals surface area contributed by atoms with Gasteiger partial charge in [-0.25, -0.2) is 4.98 Å². The molecule has 0 spiro atoms. The molecule has 6 nitrogen and oxygen atoms in total. The van der Waals surface area contributed by atoms with Gasteiger partial charge in [0.2, 0.25) is 0 Å². The van der Waals surface area contributed by atoms with E-state index in [1.165, 1.54) is 6.07 Å². The van der Waals surface area contributed by atoms with Crippen LogP contribution in [-0.2, 0) is 11.3 Å². The number of carbonyl (C=O) groups is 1. The van der Waals surface area contributed by atoms with Crippen LogP contribution in [0.5, 0.6) is 0 Å². The van der Waals surface area contributed by atoms with Gasteiger partial charge in [0.1, 0.15) is 5.82 Å². The van der Waals surface area contributed by atoms with Crippen LogP contribution < -0.4 is 5.56 Å². The minimum atomic E-state index is -0.520. The van der Waals surface area contributed by atoms with E-state index in [0.717, 1.165) is 0 Å². The topological polar surface area (TPSA) is 64.4 Å². The summed E-state index contributed by atoms with van der Waals surface area (Å²) in [4.78, 5) is 32.7. The second-order valence-corrected chi connectivity index (χ2v) is 8.23. The maximum Gasteiger partial charge on any atom is 0.261 e. The van der Waals surface area contributed by atoms with Crippen molar-refractivity contribution in [3.63, 3.8) is 0 Å². The number of methoxy groups -OCH3 is 1. The molecule has 1 aromatic heterocycles. The molecule has 0 saturated heterocycles. The molecule has 31 heavy (non-hydrogen) atoms. The number of halogens is 3. The zero-order valence-electron chi connectivity index (χ0n) is 17.4. The Kier molecular flexibility index (Phi) is 7.59. The highest BCUT2D eigenvalue weighted by Gasteiger charge is 2.27. The summed E-state index contributed by atoms with van der Waals surface area (Å²) in [5.41, 5.74) is 0.684. The second kappa shape index (κ2) is 10.0. The minimum absolute atomic E-state index is 0.181. The lowest BCUT2D eigenvalue weighted by Gasteiger charge is -2.30. The Balaban J connectivity index is 2.11. The summed E-state index contributed by atoms with van der Waals surface area (Å²) in [6, 6.07) is 9.17. The number of nitrogens with zero attached hydrogens (tertiary/aromatic N) is 3. The van der Waals surface area contributed by atoms with Crippen LogP contribution in [0.1, 0.15) is 36.1 Å². The molecule has 0 aliphatic rings. The number of rotatable bonds is 7. The van der Waals surface area contributed by atoms with E-state index in [-0.39, 0.29) is 16.5 Å². The summed E-state index contributed by atoms with van der Waals surface area (Å²) in [6.07, 6.45) is 0. The van der Waals surface area contributed by atoms with Gasteiger partial charge in [-0.1, -0.05) is 34.8 Å². The highest BCUT2D eigenvalue weighted by molar-refractivity contribution is 6.42. The molecule has 1 amide bonds. The predicted octanol–water partition coefficient (Wildman–Crippen LogP) is 5.23. The fourth-order valence-electron chi connectivity index (χ4n) is 3.43. The van der Waals surface area contributed by atoms with Gasteiger partial charge in [0, 0.05) is 30.8 Å². The Morgan fingerprint density at radius 3 is 2.55 bits per heavy atom. The van der Waals surface area contributed by atoms with Crippen molar-refractivity contribution in [2.75, 3.05) is 20.3 Å². The van der Waals surface area contributed by atoms with E-state index in [0.29, 0.717) is 52.0 Å². The molecule has 0 N–H and O–H groups in total. The Morgan fingerprint density at radius 1 is 1.16 bits per heavy atom. The van der Waals surface area contributed by atoms with Crippen LogP contribution in [0.25, 0.3) is 10.9 Å². The van der Waals surface area contributed by atoms with E-state index >= 15 is 0 Å². The zero-order valence-corrected chi connectivity index (χ0v) is 19.6. The first kappa shape index (κ1) is 23.5. The third kappa shape index (κ3) is 4.88. The number of amides is 1. The molecule has 2 aromatic carbocycles. The molecular weight excluding hydrogens is 461 g/mol.